The van der Waals surface area contributed by atoms with Crippen LogP contribution in [0.2, 0.25) is 5.02 Å². The number of hydrogen-bond donors (Lipinski definition) is 1. The number of halogens is 1. The predicted octanol–water partition coefficient (Wildman–Crippen LogP) is 7.12. The van der Waals surface area contributed by atoms with Gasteiger partial charge in [0, 0.05) is 22.3 Å². The molecule has 4 aromatic carbocycles. The SMILES string of the molecule is O=C(Nc1nnc(-c2cn(-c3ccccc3)nc2-c2ccc(Cl)cc2)s1)c1ccc2ccccc2c1. The molecule has 6 nitrogen and oxygen atoms in total. The number of carbonyl (C=O) groups excluding carboxylic acids is 1. The Morgan fingerprint density at radius 2 is 1.58 bits per heavy atom. The zero-order valence-electron chi connectivity index (χ0n) is 18.8. The van der Waals surface area contributed by atoms with Crippen LogP contribution in [-0.4, -0.2) is 25.9 Å². The van der Waals surface area contributed by atoms with E-state index in [1.165, 1.54) is 11.3 Å². The summed E-state index contributed by atoms with van der Waals surface area (Å²) in [6, 6.07) is 30.9. The summed E-state index contributed by atoms with van der Waals surface area (Å²) in [5, 5.41) is 20.1. The molecule has 6 aromatic rings. The van der Waals surface area contributed by atoms with Crippen LogP contribution >= 0.6 is 22.9 Å². The summed E-state index contributed by atoms with van der Waals surface area (Å²) in [5.41, 5.74) is 3.95. The summed E-state index contributed by atoms with van der Waals surface area (Å²) in [6.07, 6.45) is 1.93. The minimum Gasteiger partial charge on any atom is -0.296 e. The molecule has 2 heterocycles. The van der Waals surface area contributed by atoms with Crippen LogP contribution in [0.3, 0.4) is 0 Å². The topological polar surface area (TPSA) is 72.7 Å². The molecule has 2 aromatic heterocycles. The van der Waals surface area contributed by atoms with Crippen molar-refractivity contribution < 1.29 is 4.79 Å². The van der Waals surface area contributed by atoms with E-state index in [-0.39, 0.29) is 5.91 Å². The highest BCUT2D eigenvalue weighted by Crippen LogP contribution is 2.35. The average Bonchev–Trinajstić information content (AvgIpc) is 3.57. The van der Waals surface area contributed by atoms with E-state index in [9.17, 15) is 4.79 Å². The Morgan fingerprint density at radius 3 is 2.39 bits per heavy atom. The van der Waals surface area contributed by atoms with Gasteiger partial charge in [0.1, 0.15) is 5.69 Å². The molecule has 0 aliphatic carbocycles. The Labute approximate surface area is 215 Å². The molecule has 1 N–H and O–H groups in total. The second-order valence-corrected chi connectivity index (χ2v) is 9.52. The van der Waals surface area contributed by atoms with Crippen LogP contribution in [0.4, 0.5) is 5.13 Å². The fourth-order valence-corrected chi connectivity index (χ4v) is 4.82. The van der Waals surface area contributed by atoms with Gasteiger partial charge in [-0.3, -0.25) is 10.1 Å². The van der Waals surface area contributed by atoms with E-state index in [1.807, 2.05) is 108 Å². The maximum atomic E-state index is 12.9. The first-order chi connectivity index (χ1) is 17.6. The quantitative estimate of drug-likeness (QED) is 0.269. The van der Waals surface area contributed by atoms with Crippen LogP contribution < -0.4 is 5.32 Å². The molecule has 0 saturated heterocycles. The fraction of sp³-hybridized carbons (Fsp3) is 0. The van der Waals surface area contributed by atoms with E-state index in [1.54, 1.807) is 0 Å². The van der Waals surface area contributed by atoms with E-state index in [2.05, 4.69) is 15.5 Å². The summed E-state index contributed by atoms with van der Waals surface area (Å²) >= 11 is 7.40. The highest BCUT2D eigenvalue weighted by molar-refractivity contribution is 7.18. The van der Waals surface area contributed by atoms with Gasteiger partial charge < -0.3 is 0 Å². The number of benzene rings is 4. The lowest BCUT2D eigenvalue weighted by molar-refractivity contribution is 0.102. The third kappa shape index (κ3) is 4.37. The van der Waals surface area contributed by atoms with Crippen molar-refractivity contribution in [2.24, 2.45) is 0 Å². The van der Waals surface area contributed by atoms with Crippen molar-refractivity contribution in [3.63, 3.8) is 0 Å². The zero-order valence-corrected chi connectivity index (χ0v) is 20.4. The summed E-state index contributed by atoms with van der Waals surface area (Å²) in [5.74, 6) is -0.235. The molecule has 0 unspecified atom stereocenters. The fourth-order valence-electron chi connectivity index (χ4n) is 3.95. The molecule has 0 spiro atoms. The van der Waals surface area contributed by atoms with Gasteiger partial charge in [0.25, 0.3) is 5.91 Å². The summed E-state index contributed by atoms with van der Waals surface area (Å²) in [7, 11) is 0. The smallest absolute Gasteiger partial charge is 0.257 e. The lowest BCUT2D eigenvalue weighted by Gasteiger charge is -2.03. The van der Waals surface area contributed by atoms with Crippen LogP contribution in [0, 0.1) is 0 Å². The van der Waals surface area contributed by atoms with E-state index < -0.39 is 0 Å². The van der Waals surface area contributed by atoms with Gasteiger partial charge in [-0.25, -0.2) is 4.68 Å². The first-order valence-corrected chi connectivity index (χ1v) is 12.4. The molecule has 8 heteroatoms. The number of aromatic nitrogens is 4. The van der Waals surface area contributed by atoms with Crippen molar-refractivity contribution >= 4 is 44.7 Å². The summed E-state index contributed by atoms with van der Waals surface area (Å²) < 4.78 is 1.81. The molecule has 174 valence electrons. The van der Waals surface area contributed by atoms with Crippen molar-refractivity contribution in [3.05, 3.63) is 114 Å². The third-order valence-electron chi connectivity index (χ3n) is 5.74. The number of nitrogens with one attached hydrogen (secondary N) is 1. The maximum absolute atomic E-state index is 12.9. The van der Waals surface area contributed by atoms with Gasteiger partial charge in [-0.2, -0.15) is 5.10 Å². The number of para-hydroxylation sites is 1. The predicted molar refractivity (Wildman–Crippen MR) is 145 cm³/mol. The first kappa shape index (κ1) is 22.2. The van der Waals surface area contributed by atoms with E-state index in [4.69, 9.17) is 16.7 Å². The molecular formula is C28H18ClN5OS. The number of anilines is 1. The van der Waals surface area contributed by atoms with Gasteiger partial charge in [-0.15, -0.1) is 10.2 Å². The summed E-state index contributed by atoms with van der Waals surface area (Å²) in [6.45, 7) is 0. The largest absolute Gasteiger partial charge is 0.296 e. The van der Waals surface area contributed by atoms with E-state index in [0.717, 1.165) is 33.3 Å². The highest BCUT2D eigenvalue weighted by Gasteiger charge is 2.19. The molecule has 1 amide bonds. The third-order valence-corrected chi connectivity index (χ3v) is 6.86. The number of carbonyl (C=O) groups is 1. The van der Waals surface area contributed by atoms with E-state index >= 15 is 0 Å². The van der Waals surface area contributed by atoms with Gasteiger partial charge >= 0.3 is 0 Å². The van der Waals surface area contributed by atoms with Crippen molar-refractivity contribution in [1.82, 2.24) is 20.0 Å². The number of hydrogen-bond acceptors (Lipinski definition) is 5. The molecular weight excluding hydrogens is 490 g/mol. The van der Waals surface area contributed by atoms with Crippen molar-refractivity contribution in [2.75, 3.05) is 5.32 Å². The van der Waals surface area contributed by atoms with Crippen LogP contribution in [0.5, 0.6) is 0 Å². The molecule has 0 atom stereocenters. The number of fused-ring (bicyclic) bond motifs is 1. The molecule has 0 aliphatic heterocycles. The molecule has 0 aliphatic rings. The van der Waals surface area contributed by atoms with Crippen LogP contribution in [0.15, 0.2) is 103 Å². The zero-order chi connectivity index (χ0) is 24.5. The van der Waals surface area contributed by atoms with Gasteiger partial charge in [0.05, 0.1) is 11.3 Å². The summed E-state index contributed by atoms with van der Waals surface area (Å²) in [4.78, 5) is 12.9. The van der Waals surface area contributed by atoms with Gasteiger partial charge in [-0.1, -0.05) is 83.6 Å². The number of rotatable bonds is 5. The monoisotopic (exact) mass is 507 g/mol. The number of amides is 1. The Balaban J connectivity index is 1.33. The second kappa shape index (κ2) is 9.37. The molecule has 6 rings (SSSR count). The average molecular weight is 508 g/mol. The molecule has 0 bridgehead atoms. The van der Waals surface area contributed by atoms with E-state index in [0.29, 0.717) is 20.7 Å². The molecule has 0 radical (unpaired) electrons. The Morgan fingerprint density at radius 1 is 0.833 bits per heavy atom. The highest BCUT2D eigenvalue weighted by atomic mass is 35.5. The second-order valence-electron chi connectivity index (χ2n) is 8.11. The standard InChI is InChI=1S/C28H18ClN5OS/c29-22-14-12-19(13-15-22)25-24(17-34(33-25)23-8-2-1-3-9-23)27-31-32-28(36-27)30-26(35)21-11-10-18-6-4-5-7-20(18)16-21/h1-17H,(H,30,32,35). The maximum Gasteiger partial charge on any atom is 0.257 e. The number of nitrogens with zero attached hydrogens (tertiary/aromatic N) is 4. The van der Waals surface area contributed by atoms with Gasteiger partial charge in [-0.05, 0) is 47.2 Å². The lowest BCUT2D eigenvalue weighted by atomic mass is 10.1. The Kier molecular flexibility index (Phi) is 5.77. The van der Waals surface area contributed by atoms with Crippen molar-refractivity contribution in [3.8, 4) is 27.5 Å². The van der Waals surface area contributed by atoms with Gasteiger partial charge in [0.2, 0.25) is 5.13 Å². The van der Waals surface area contributed by atoms with Crippen LogP contribution in [0.25, 0.3) is 38.3 Å². The first-order valence-electron chi connectivity index (χ1n) is 11.2. The minimum absolute atomic E-state index is 0.235. The molecule has 0 saturated carbocycles. The van der Waals surface area contributed by atoms with Crippen molar-refractivity contribution in [1.29, 1.82) is 0 Å². The Hall–Kier alpha value is -4.33. The normalized spacial score (nSPS) is 11.0. The lowest BCUT2D eigenvalue weighted by Crippen LogP contribution is -2.11. The van der Waals surface area contributed by atoms with Crippen molar-refractivity contribution in [2.45, 2.75) is 0 Å². The molecule has 0 fully saturated rings. The van der Waals surface area contributed by atoms with Gasteiger partial charge in [0.15, 0.2) is 5.01 Å². The molecule has 36 heavy (non-hydrogen) atoms. The Bertz CT molecular complexity index is 1690. The van der Waals surface area contributed by atoms with Crippen LogP contribution in [-0.2, 0) is 0 Å². The minimum atomic E-state index is -0.235. The van der Waals surface area contributed by atoms with Crippen LogP contribution in [0.1, 0.15) is 10.4 Å².